The first-order valence-corrected chi connectivity index (χ1v) is 8.87. The first-order chi connectivity index (χ1) is 10.0. The molecule has 116 valence electrons. The van der Waals surface area contributed by atoms with Gasteiger partial charge >= 0.3 is 0 Å². The highest BCUT2D eigenvalue weighted by Crippen LogP contribution is 2.27. The molecule has 5 heteroatoms. The number of anilines is 1. The third-order valence-electron chi connectivity index (χ3n) is 4.03. The molecule has 1 aliphatic heterocycles. The fourth-order valence-corrected chi connectivity index (χ4v) is 3.60. The SMILES string of the molecule is CC(C)(C)NCc1c(N2CCCCCC2)nc2sccn12. The summed E-state index contributed by atoms with van der Waals surface area (Å²) in [5.41, 5.74) is 1.43. The van der Waals surface area contributed by atoms with E-state index in [4.69, 9.17) is 4.98 Å². The highest BCUT2D eigenvalue weighted by Gasteiger charge is 2.21. The quantitative estimate of drug-likeness (QED) is 0.939. The standard InChI is InChI=1S/C16H26N4S/c1-16(2,3)17-12-13-14(18-15-20(13)10-11-21-15)19-8-6-4-5-7-9-19/h10-11,17H,4-9,12H2,1-3H3. The molecule has 1 N–H and O–H groups in total. The molecule has 0 aliphatic carbocycles. The maximum atomic E-state index is 4.91. The van der Waals surface area contributed by atoms with Crippen LogP contribution in [-0.2, 0) is 6.54 Å². The minimum atomic E-state index is 0.121. The topological polar surface area (TPSA) is 32.6 Å². The molecule has 21 heavy (non-hydrogen) atoms. The van der Waals surface area contributed by atoms with Gasteiger partial charge in [-0.3, -0.25) is 4.40 Å². The van der Waals surface area contributed by atoms with Crippen LogP contribution in [0.2, 0.25) is 0 Å². The summed E-state index contributed by atoms with van der Waals surface area (Å²) in [6.45, 7) is 9.80. The van der Waals surface area contributed by atoms with E-state index >= 15 is 0 Å². The number of imidazole rings is 1. The van der Waals surface area contributed by atoms with E-state index in [9.17, 15) is 0 Å². The lowest BCUT2D eigenvalue weighted by Crippen LogP contribution is -2.36. The number of fused-ring (bicyclic) bond motifs is 1. The monoisotopic (exact) mass is 306 g/mol. The maximum Gasteiger partial charge on any atom is 0.195 e. The molecule has 0 aromatic carbocycles. The summed E-state index contributed by atoms with van der Waals surface area (Å²) in [5.74, 6) is 1.19. The van der Waals surface area contributed by atoms with E-state index < -0.39 is 0 Å². The molecule has 0 unspecified atom stereocenters. The van der Waals surface area contributed by atoms with Crippen molar-refractivity contribution in [2.45, 2.75) is 58.5 Å². The smallest absolute Gasteiger partial charge is 0.195 e. The van der Waals surface area contributed by atoms with E-state index in [-0.39, 0.29) is 5.54 Å². The third-order valence-corrected chi connectivity index (χ3v) is 4.79. The lowest BCUT2D eigenvalue weighted by Gasteiger charge is -2.24. The van der Waals surface area contributed by atoms with Crippen LogP contribution in [0.25, 0.3) is 4.96 Å². The summed E-state index contributed by atoms with van der Waals surface area (Å²) in [7, 11) is 0. The average Bonchev–Trinajstić information content (AvgIpc) is 2.87. The van der Waals surface area contributed by atoms with Crippen LogP contribution >= 0.6 is 11.3 Å². The van der Waals surface area contributed by atoms with Crippen LogP contribution in [0.5, 0.6) is 0 Å². The summed E-state index contributed by atoms with van der Waals surface area (Å²) in [6, 6.07) is 0. The Morgan fingerprint density at radius 3 is 2.57 bits per heavy atom. The van der Waals surface area contributed by atoms with Crippen molar-refractivity contribution in [1.82, 2.24) is 14.7 Å². The zero-order valence-electron chi connectivity index (χ0n) is 13.4. The zero-order valence-corrected chi connectivity index (χ0v) is 14.2. The second-order valence-corrected chi connectivity index (χ2v) is 7.82. The molecule has 3 heterocycles. The van der Waals surface area contributed by atoms with Crippen molar-refractivity contribution in [3.63, 3.8) is 0 Å². The number of thiazole rings is 1. The molecule has 4 nitrogen and oxygen atoms in total. The van der Waals surface area contributed by atoms with Crippen molar-refractivity contribution in [2.75, 3.05) is 18.0 Å². The molecule has 0 amide bonds. The molecule has 3 rings (SSSR count). The van der Waals surface area contributed by atoms with Gasteiger partial charge in [0.05, 0.1) is 5.69 Å². The minimum absolute atomic E-state index is 0.121. The predicted molar refractivity (Wildman–Crippen MR) is 90.3 cm³/mol. The van der Waals surface area contributed by atoms with Crippen molar-refractivity contribution in [1.29, 1.82) is 0 Å². The van der Waals surface area contributed by atoms with E-state index in [2.05, 4.69) is 47.0 Å². The summed E-state index contributed by atoms with van der Waals surface area (Å²) >= 11 is 1.72. The molecule has 0 radical (unpaired) electrons. The number of aromatic nitrogens is 2. The first kappa shape index (κ1) is 14.9. The Bertz CT molecular complexity index is 585. The van der Waals surface area contributed by atoms with Crippen molar-refractivity contribution in [3.05, 3.63) is 17.3 Å². The van der Waals surface area contributed by atoms with E-state index in [1.165, 1.54) is 37.2 Å². The Hall–Kier alpha value is -1.07. The molecular weight excluding hydrogens is 280 g/mol. The van der Waals surface area contributed by atoms with Gasteiger partial charge in [-0.2, -0.15) is 0 Å². The first-order valence-electron chi connectivity index (χ1n) is 7.99. The molecule has 0 spiro atoms. The van der Waals surface area contributed by atoms with Crippen LogP contribution in [0.1, 0.15) is 52.1 Å². The third kappa shape index (κ3) is 3.40. The van der Waals surface area contributed by atoms with Crippen LogP contribution in [0.4, 0.5) is 5.82 Å². The van der Waals surface area contributed by atoms with Crippen molar-refractivity contribution < 1.29 is 0 Å². The van der Waals surface area contributed by atoms with Crippen LogP contribution in [0, 0.1) is 0 Å². The van der Waals surface area contributed by atoms with Crippen molar-refractivity contribution in [2.24, 2.45) is 0 Å². The number of hydrogen-bond acceptors (Lipinski definition) is 4. The molecule has 1 saturated heterocycles. The normalized spacial score (nSPS) is 17.4. The number of nitrogens with one attached hydrogen (secondary N) is 1. The van der Waals surface area contributed by atoms with Crippen LogP contribution in [-0.4, -0.2) is 28.0 Å². The second-order valence-electron chi connectivity index (χ2n) is 6.94. The predicted octanol–water partition coefficient (Wildman–Crippen LogP) is 3.66. The van der Waals surface area contributed by atoms with Gasteiger partial charge in [0.15, 0.2) is 10.8 Å². The second kappa shape index (κ2) is 5.97. The Morgan fingerprint density at radius 1 is 1.19 bits per heavy atom. The molecule has 2 aromatic heterocycles. The van der Waals surface area contributed by atoms with Gasteiger partial charge in [0.1, 0.15) is 0 Å². The van der Waals surface area contributed by atoms with Crippen LogP contribution in [0.3, 0.4) is 0 Å². The van der Waals surface area contributed by atoms with Crippen molar-refractivity contribution in [3.8, 4) is 0 Å². The Morgan fingerprint density at radius 2 is 1.90 bits per heavy atom. The van der Waals surface area contributed by atoms with Gasteiger partial charge < -0.3 is 10.2 Å². The van der Waals surface area contributed by atoms with Gasteiger partial charge in [-0.15, -0.1) is 11.3 Å². The summed E-state index contributed by atoms with van der Waals surface area (Å²) in [6.07, 6.45) is 7.44. The molecule has 2 aromatic rings. The highest BCUT2D eigenvalue weighted by atomic mass is 32.1. The zero-order chi connectivity index (χ0) is 14.9. The van der Waals surface area contributed by atoms with Gasteiger partial charge in [0, 0.05) is 36.8 Å². The van der Waals surface area contributed by atoms with Gasteiger partial charge in [-0.1, -0.05) is 12.8 Å². The number of nitrogens with zero attached hydrogens (tertiary/aromatic N) is 3. The van der Waals surface area contributed by atoms with Gasteiger partial charge in [0.25, 0.3) is 0 Å². The van der Waals surface area contributed by atoms with Gasteiger partial charge in [0.2, 0.25) is 0 Å². The average molecular weight is 306 g/mol. The van der Waals surface area contributed by atoms with E-state index in [0.29, 0.717) is 0 Å². The Kier molecular flexibility index (Phi) is 4.22. The minimum Gasteiger partial charge on any atom is -0.355 e. The van der Waals surface area contributed by atoms with Gasteiger partial charge in [-0.25, -0.2) is 4.98 Å². The Labute approximate surface area is 131 Å². The summed E-state index contributed by atoms with van der Waals surface area (Å²) in [5, 5.41) is 5.74. The number of hydrogen-bond donors (Lipinski definition) is 1. The molecular formula is C16H26N4S. The van der Waals surface area contributed by atoms with Crippen LogP contribution in [0.15, 0.2) is 11.6 Å². The number of rotatable bonds is 3. The Balaban J connectivity index is 1.90. The van der Waals surface area contributed by atoms with E-state index in [0.717, 1.165) is 24.6 Å². The largest absolute Gasteiger partial charge is 0.355 e. The summed E-state index contributed by atoms with van der Waals surface area (Å²) < 4.78 is 2.25. The van der Waals surface area contributed by atoms with Crippen molar-refractivity contribution >= 4 is 22.1 Å². The summed E-state index contributed by atoms with van der Waals surface area (Å²) in [4.78, 5) is 8.51. The molecule has 0 bridgehead atoms. The lowest BCUT2D eigenvalue weighted by atomic mass is 10.1. The van der Waals surface area contributed by atoms with E-state index in [1.807, 2.05) is 0 Å². The fraction of sp³-hybridized carbons (Fsp3) is 0.688. The highest BCUT2D eigenvalue weighted by molar-refractivity contribution is 7.15. The lowest BCUT2D eigenvalue weighted by molar-refractivity contribution is 0.420. The van der Waals surface area contributed by atoms with E-state index in [1.54, 1.807) is 11.3 Å². The molecule has 1 aliphatic rings. The van der Waals surface area contributed by atoms with Crippen LogP contribution < -0.4 is 10.2 Å². The molecule has 1 fully saturated rings. The van der Waals surface area contributed by atoms with Gasteiger partial charge in [-0.05, 0) is 33.6 Å². The molecule has 0 atom stereocenters. The molecule has 0 saturated carbocycles. The maximum absolute atomic E-state index is 4.91. The fourth-order valence-electron chi connectivity index (χ4n) is 2.87.